The molecule has 1 heterocycles. The number of nitrogens with one attached hydrogen (secondary N) is 1. The molecule has 2 aromatic carbocycles. The first-order valence-corrected chi connectivity index (χ1v) is 11.8. The van der Waals surface area contributed by atoms with E-state index in [1.807, 2.05) is 11.9 Å². The Kier molecular flexibility index (Phi) is 6.98. The number of hydrogen-bond donors (Lipinski definition) is 1. The molecule has 2 aliphatic rings. The third kappa shape index (κ3) is 4.74. The lowest BCUT2D eigenvalue weighted by Gasteiger charge is -2.31. The highest BCUT2D eigenvalue weighted by atomic mass is 35.5. The number of anilines is 2. The van der Waals surface area contributed by atoms with Gasteiger partial charge in [0, 0.05) is 29.4 Å². The second kappa shape index (κ2) is 9.75. The van der Waals surface area contributed by atoms with Crippen LogP contribution in [0, 0.1) is 0 Å². The van der Waals surface area contributed by atoms with Crippen molar-refractivity contribution in [3.8, 4) is 0 Å². The number of benzene rings is 2. The van der Waals surface area contributed by atoms with E-state index in [4.69, 9.17) is 34.8 Å². The van der Waals surface area contributed by atoms with Gasteiger partial charge in [-0.15, -0.1) is 0 Å². The van der Waals surface area contributed by atoms with Crippen molar-refractivity contribution in [2.24, 2.45) is 0 Å². The maximum absolute atomic E-state index is 13.0. The van der Waals surface area contributed by atoms with Crippen molar-refractivity contribution in [1.29, 1.82) is 0 Å². The predicted octanol–water partition coefficient (Wildman–Crippen LogP) is 5.83. The summed E-state index contributed by atoms with van der Waals surface area (Å²) >= 11 is 18.3. The van der Waals surface area contributed by atoms with Crippen LogP contribution in [0.1, 0.15) is 42.5 Å². The zero-order chi connectivity index (χ0) is 23.7. The van der Waals surface area contributed by atoms with Gasteiger partial charge in [0.15, 0.2) is 0 Å². The molecule has 1 saturated carbocycles. The van der Waals surface area contributed by atoms with E-state index in [9.17, 15) is 14.4 Å². The van der Waals surface area contributed by atoms with Gasteiger partial charge in [-0.05, 0) is 55.3 Å². The molecule has 0 atom stereocenters. The molecule has 6 nitrogen and oxygen atoms in total. The normalized spacial score (nSPS) is 17.0. The van der Waals surface area contributed by atoms with Gasteiger partial charge < -0.3 is 10.2 Å². The van der Waals surface area contributed by atoms with Crippen LogP contribution < -0.4 is 10.2 Å². The van der Waals surface area contributed by atoms with Crippen LogP contribution in [0.5, 0.6) is 0 Å². The summed E-state index contributed by atoms with van der Waals surface area (Å²) in [5.41, 5.74) is 1.20. The number of halogens is 3. The molecule has 4 rings (SSSR count). The first kappa shape index (κ1) is 23.6. The molecule has 1 aliphatic heterocycles. The van der Waals surface area contributed by atoms with E-state index in [2.05, 4.69) is 5.32 Å². The number of amides is 3. The summed E-state index contributed by atoms with van der Waals surface area (Å²) in [5.74, 6) is -1.36. The molecule has 0 saturated heterocycles. The minimum Gasteiger partial charge on any atom is -0.350 e. The lowest BCUT2D eigenvalue weighted by atomic mass is 9.94. The average molecular weight is 507 g/mol. The Labute approximate surface area is 207 Å². The molecule has 1 N–H and O–H groups in total. The fourth-order valence-corrected chi connectivity index (χ4v) is 4.88. The Bertz CT molecular complexity index is 1140. The molecule has 1 fully saturated rings. The molecule has 1 aliphatic carbocycles. The van der Waals surface area contributed by atoms with Crippen LogP contribution in [0.25, 0.3) is 0 Å². The van der Waals surface area contributed by atoms with E-state index in [1.165, 1.54) is 24.6 Å². The summed E-state index contributed by atoms with van der Waals surface area (Å²) in [6.45, 7) is 0. The molecule has 0 unspecified atom stereocenters. The van der Waals surface area contributed by atoms with Gasteiger partial charge in [0.1, 0.15) is 10.7 Å². The summed E-state index contributed by atoms with van der Waals surface area (Å²) in [5, 5.41) is 3.19. The summed E-state index contributed by atoms with van der Waals surface area (Å²) in [7, 11) is 1.84. The topological polar surface area (TPSA) is 69.7 Å². The summed E-state index contributed by atoms with van der Waals surface area (Å²) in [6, 6.07) is 11.4. The van der Waals surface area contributed by atoms with Crippen LogP contribution in [0.15, 0.2) is 53.2 Å². The highest BCUT2D eigenvalue weighted by Crippen LogP contribution is 2.35. The minimum atomic E-state index is -0.686. The van der Waals surface area contributed by atoms with E-state index in [0.717, 1.165) is 30.6 Å². The summed E-state index contributed by atoms with van der Waals surface area (Å²) in [6.07, 6.45) is 5.57. The Morgan fingerprint density at radius 3 is 2.27 bits per heavy atom. The lowest BCUT2D eigenvalue weighted by Crippen LogP contribution is -2.38. The fourth-order valence-electron chi connectivity index (χ4n) is 4.17. The number of rotatable bonds is 5. The van der Waals surface area contributed by atoms with E-state index in [0.29, 0.717) is 16.3 Å². The van der Waals surface area contributed by atoms with E-state index >= 15 is 0 Å². The molecule has 0 bridgehead atoms. The highest BCUT2D eigenvalue weighted by molar-refractivity contribution is 6.53. The van der Waals surface area contributed by atoms with Gasteiger partial charge in [-0.25, -0.2) is 4.90 Å². The monoisotopic (exact) mass is 505 g/mol. The molecule has 0 radical (unpaired) electrons. The smallest absolute Gasteiger partial charge is 0.283 e. The van der Waals surface area contributed by atoms with Crippen molar-refractivity contribution < 1.29 is 14.4 Å². The summed E-state index contributed by atoms with van der Waals surface area (Å²) in [4.78, 5) is 41.2. The highest BCUT2D eigenvalue weighted by Gasteiger charge is 2.39. The second-order valence-corrected chi connectivity index (χ2v) is 9.36. The van der Waals surface area contributed by atoms with Crippen LogP contribution in [0.4, 0.5) is 11.4 Å². The standard InChI is InChI=1S/C24H22Cl3N3O3/c1-29(17-5-3-2-4-6-17)22(31)14-7-10-16(11-8-14)28-21-20(27)23(32)30(24(21)33)19-12-9-15(25)13-18(19)26/h7-13,17,28H,2-6H2,1H3. The van der Waals surface area contributed by atoms with Crippen LogP contribution in [0.2, 0.25) is 10.0 Å². The predicted molar refractivity (Wildman–Crippen MR) is 131 cm³/mol. The van der Waals surface area contributed by atoms with Gasteiger partial charge in [-0.3, -0.25) is 14.4 Å². The van der Waals surface area contributed by atoms with Crippen molar-refractivity contribution in [3.63, 3.8) is 0 Å². The Hall–Kier alpha value is -2.54. The van der Waals surface area contributed by atoms with E-state index in [1.54, 1.807) is 24.3 Å². The van der Waals surface area contributed by atoms with Gasteiger partial charge in [-0.1, -0.05) is 54.1 Å². The zero-order valence-electron chi connectivity index (χ0n) is 17.9. The quantitative estimate of drug-likeness (QED) is 0.518. The molecule has 0 aromatic heterocycles. The Balaban J connectivity index is 1.49. The largest absolute Gasteiger partial charge is 0.350 e. The third-order valence-electron chi connectivity index (χ3n) is 6.02. The molecule has 2 aromatic rings. The number of imide groups is 1. The minimum absolute atomic E-state index is 0.0404. The van der Waals surface area contributed by atoms with Crippen molar-refractivity contribution >= 4 is 63.9 Å². The first-order chi connectivity index (χ1) is 15.8. The van der Waals surface area contributed by atoms with Gasteiger partial charge in [0.2, 0.25) is 0 Å². The SMILES string of the molecule is CN(C(=O)c1ccc(NC2=C(Cl)C(=O)N(c3ccc(Cl)cc3Cl)C2=O)cc1)C1CCCCC1. The fraction of sp³-hybridized carbons (Fsp3) is 0.292. The number of carbonyl (C=O) groups is 3. The maximum atomic E-state index is 13.0. The van der Waals surface area contributed by atoms with Gasteiger partial charge in [0.25, 0.3) is 17.7 Å². The molecular weight excluding hydrogens is 485 g/mol. The van der Waals surface area contributed by atoms with Gasteiger partial charge >= 0.3 is 0 Å². The third-order valence-corrected chi connectivity index (χ3v) is 6.91. The molecule has 33 heavy (non-hydrogen) atoms. The second-order valence-electron chi connectivity index (χ2n) is 8.14. The maximum Gasteiger partial charge on any atom is 0.283 e. The number of carbonyl (C=O) groups excluding carboxylic acids is 3. The average Bonchev–Trinajstić information content (AvgIpc) is 3.02. The van der Waals surface area contributed by atoms with Crippen molar-refractivity contribution in [3.05, 3.63) is 68.8 Å². The van der Waals surface area contributed by atoms with Crippen LogP contribution in [0.3, 0.4) is 0 Å². The number of hydrogen-bond acceptors (Lipinski definition) is 4. The van der Waals surface area contributed by atoms with Crippen molar-refractivity contribution in [2.45, 2.75) is 38.1 Å². The van der Waals surface area contributed by atoms with Crippen LogP contribution in [-0.2, 0) is 9.59 Å². The van der Waals surface area contributed by atoms with Crippen LogP contribution >= 0.6 is 34.8 Å². The van der Waals surface area contributed by atoms with E-state index in [-0.39, 0.29) is 33.4 Å². The van der Waals surface area contributed by atoms with Crippen molar-refractivity contribution in [2.75, 3.05) is 17.3 Å². The molecular formula is C24H22Cl3N3O3. The van der Waals surface area contributed by atoms with Gasteiger partial charge in [-0.2, -0.15) is 0 Å². The zero-order valence-corrected chi connectivity index (χ0v) is 20.2. The van der Waals surface area contributed by atoms with Crippen molar-refractivity contribution in [1.82, 2.24) is 4.90 Å². The van der Waals surface area contributed by atoms with E-state index < -0.39 is 11.8 Å². The molecule has 3 amide bonds. The first-order valence-electron chi connectivity index (χ1n) is 10.7. The van der Waals surface area contributed by atoms with Crippen LogP contribution in [-0.4, -0.2) is 35.7 Å². The lowest BCUT2D eigenvalue weighted by molar-refractivity contribution is -0.120. The molecule has 172 valence electrons. The Morgan fingerprint density at radius 2 is 1.64 bits per heavy atom. The summed E-state index contributed by atoms with van der Waals surface area (Å²) < 4.78 is 0. The molecule has 0 spiro atoms. The Morgan fingerprint density at radius 1 is 0.970 bits per heavy atom. The molecule has 9 heteroatoms. The van der Waals surface area contributed by atoms with Gasteiger partial charge in [0.05, 0.1) is 10.7 Å². The number of nitrogens with zero attached hydrogens (tertiary/aromatic N) is 2.